The molecule has 2 aromatic heterocycles. The average Bonchev–Trinajstić information content (AvgIpc) is 3.03. The molecule has 0 aliphatic carbocycles. The maximum atomic E-state index is 5.19. The first-order valence-corrected chi connectivity index (χ1v) is 14.9. The molecule has 2 nitrogen and oxygen atoms in total. The van der Waals surface area contributed by atoms with Gasteiger partial charge in [-0.25, -0.2) is 0 Å². The predicted octanol–water partition coefficient (Wildman–Crippen LogP) is 11.2. The van der Waals surface area contributed by atoms with Crippen molar-refractivity contribution in [1.29, 1.82) is 0 Å². The Balaban J connectivity index is 1.44. The summed E-state index contributed by atoms with van der Waals surface area (Å²) < 4.78 is 0. The Bertz CT molecular complexity index is 2090. The number of benzene rings is 5. The third-order valence-corrected chi connectivity index (χ3v) is 8.36. The van der Waals surface area contributed by atoms with E-state index in [1.807, 2.05) is 0 Å². The number of nitrogens with zero attached hydrogens (tertiary/aromatic N) is 2. The first-order chi connectivity index (χ1) is 20.5. The topological polar surface area (TPSA) is 25.8 Å². The highest BCUT2D eigenvalue weighted by molar-refractivity contribution is 6.09. The molecule has 2 heteroatoms. The Morgan fingerprint density at radius 3 is 1.67 bits per heavy atom. The van der Waals surface area contributed by atoms with Crippen molar-refractivity contribution in [1.82, 2.24) is 9.97 Å². The van der Waals surface area contributed by atoms with Gasteiger partial charge in [-0.15, -0.1) is 0 Å². The summed E-state index contributed by atoms with van der Waals surface area (Å²) in [6.07, 6.45) is 0. The van der Waals surface area contributed by atoms with E-state index in [0.717, 1.165) is 33.2 Å². The zero-order valence-corrected chi connectivity index (χ0v) is 24.6. The fraction of sp³-hybridized carbons (Fsp3) is 0.150. The van der Waals surface area contributed by atoms with Crippen LogP contribution >= 0.6 is 0 Å². The molecule has 5 aromatic carbocycles. The number of pyridine rings is 2. The Kier molecular flexibility index (Phi) is 6.55. The van der Waals surface area contributed by atoms with E-state index in [-0.39, 0.29) is 0 Å². The molecule has 0 N–H and O–H groups in total. The number of aromatic nitrogens is 2. The van der Waals surface area contributed by atoms with Gasteiger partial charge in [-0.05, 0) is 74.2 Å². The van der Waals surface area contributed by atoms with Crippen LogP contribution in [-0.4, -0.2) is 9.97 Å². The van der Waals surface area contributed by atoms with Gasteiger partial charge in [0, 0.05) is 22.2 Å². The third-order valence-electron chi connectivity index (χ3n) is 8.36. The number of fused-ring (bicyclic) bond motifs is 4. The van der Waals surface area contributed by atoms with Crippen LogP contribution < -0.4 is 0 Å². The number of rotatable bonds is 5. The Hall–Kier alpha value is -4.82. The van der Waals surface area contributed by atoms with Crippen LogP contribution in [0.5, 0.6) is 0 Å². The molecule has 0 saturated carbocycles. The van der Waals surface area contributed by atoms with Crippen molar-refractivity contribution in [2.75, 3.05) is 0 Å². The van der Waals surface area contributed by atoms with E-state index in [9.17, 15) is 0 Å². The fourth-order valence-electron chi connectivity index (χ4n) is 6.04. The van der Waals surface area contributed by atoms with Gasteiger partial charge in [0.2, 0.25) is 0 Å². The van der Waals surface area contributed by atoms with Crippen molar-refractivity contribution in [3.63, 3.8) is 0 Å². The zero-order valence-electron chi connectivity index (χ0n) is 24.6. The summed E-state index contributed by atoms with van der Waals surface area (Å²) in [7, 11) is 0. The van der Waals surface area contributed by atoms with Crippen LogP contribution in [0.3, 0.4) is 0 Å². The van der Waals surface area contributed by atoms with Crippen LogP contribution in [0.4, 0.5) is 0 Å². The highest BCUT2D eigenvalue weighted by Gasteiger charge is 2.16. The second-order valence-corrected chi connectivity index (χ2v) is 11.8. The standard InChI is InChI=1S/C40H34N2/c1-25(2)37-22-18-28-17-19-35-36(24-38(26(3)4)42-40(35)39(28)41-37)30-14-10-13-29(23-30)32-21-20-31(27-11-6-5-7-12-27)33-15-8-9-16-34(32)33/h5-26H,1-4H3. The molecule has 2 heterocycles. The van der Waals surface area contributed by atoms with Gasteiger partial charge in [0.1, 0.15) is 0 Å². The molecule has 0 spiro atoms. The van der Waals surface area contributed by atoms with Crippen LogP contribution in [0, 0.1) is 0 Å². The Morgan fingerprint density at radius 2 is 0.976 bits per heavy atom. The van der Waals surface area contributed by atoms with Crippen LogP contribution in [0.2, 0.25) is 0 Å². The summed E-state index contributed by atoms with van der Waals surface area (Å²) in [5.41, 5.74) is 11.5. The fourth-order valence-corrected chi connectivity index (χ4v) is 6.04. The van der Waals surface area contributed by atoms with E-state index in [4.69, 9.17) is 9.97 Å². The number of hydrogen-bond donors (Lipinski definition) is 0. The van der Waals surface area contributed by atoms with Crippen LogP contribution in [-0.2, 0) is 0 Å². The van der Waals surface area contributed by atoms with Crippen molar-refractivity contribution < 1.29 is 0 Å². The molecule has 204 valence electrons. The minimum Gasteiger partial charge on any atom is -0.250 e. The smallest absolute Gasteiger partial charge is 0.0974 e. The van der Waals surface area contributed by atoms with Crippen LogP contribution in [0.15, 0.2) is 121 Å². The van der Waals surface area contributed by atoms with Gasteiger partial charge in [0.15, 0.2) is 0 Å². The summed E-state index contributed by atoms with van der Waals surface area (Å²) in [6.45, 7) is 8.82. The van der Waals surface area contributed by atoms with Gasteiger partial charge >= 0.3 is 0 Å². The molecule has 7 aromatic rings. The first-order valence-electron chi connectivity index (χ1n) is 14.9. The van der Waals surface area contributed by atoms with Gasteiger partial charge in [-0.3, -0.25) is 9.97 Å². The molecular formula is C40H34N2. The van der Waals surface area contributed by atoms with E-state index >= 15 is 0 Å². The SMILES string of the molecule is CC(C)c1ccc2ccc3c(-c4cccc(-c5ccc(-c6ccccc6)c6ccccc56)c4)cc(C(C)C)nc3c2n1. The van der Waals surface area contributed by atoms with Crippen molar-refractivity contribution in [3.8, 4) is 33.4 Å². The highest BCUT2D eigenvalue weighted by Crippen LogP contribution is 2.39. The van der Waals surface area contributed by atoms with E-state index in [1.54, 1.807) is 0 Å². The lowest BCUT2D eigenvalue weighted by atomic mass is 9.90. The molecule has 0 aliphatic rings. The Morgan fingerprint density at radius 1 is 0.405 bits per heavy atom. The molecule has 0 unspecified atom stereocenters. The Labute approximate surface area is 247 Å². The van der Waals surface area contributed by atoms with E-state index in [0.29, 0.717) is 11.8 Å². The second-order valence-electron chi connectivity index (χ2n) is 11.8. The molecule has 7 rings (SSSR count). The normalized spacial score (nSPS) is 11.8. The third kappa shape index (κ3) is 4.54. The van der Waals surface area contributed by atoms with Crippen molar-refractivity contribution in [2.24, 2.45) is 0 Å². The van der Waals surface area contributed by atoms with Crippen LogP contribution in [0.25, 0.3) is 66.0 Å². The van der Waals surface area contributed by atoms with Crippen LogP contribution in [0.1, 0.15) is 50.9 Å². The molecule has 0 amide bonds. The first kappa shape index (κ1) is 26.1. The van der Waals surface area contributed by atoms with E-state index in [1.165, 1.54) is 44.2 Å². The van der Waals surface area contributed by atoms with Gasteiger partial charge < -0.3 is 0 Å². The molecule has 0 fully saturated rings. The van der Waals surface area contributed by atoms with E-state index in [2.05, 4.69) is 149 Å². The quantitative estimate of drug-likeness (QED) is 0.202. The summed E-state index contributed by atoms with van der Waals surface area (Å²) in [5, 5.41) is 4.79. The lowest BCUT2D eigenvalue weighted by Crippen LogP contribution is -1.99. The largest absolute Gasteiger partial charge is 0.250 e. The van der Waals surface area contributed by atoms with Gasteiger partial charge in [0.05, 0.1) is 11.0 Å². The molecule has 0 bridgehead atoms. The van der Waals surface area contributed by atoms with Crippen molar-refractivity contribution in [2.45, 2.75) is 39.5 Å². The molecule has 0 radical (unpaired) electrons. The summed E-state index contributed by atoms with van der Waals surface area (Å²) in [5.74, 6) is 0.659. The number of hydrogen-bond acceptors (Lipinski definition) is 2. The summed E-state index contributed by atoms with van der Waals surface area (Å²) in [6, 6.07) is 43.9. The maximum absolute atomic E-state index is 5.19. The molecular weight excluding hydrogens is 508 g/mol. The lowest BCUT2D eigenvalue weighted by molar-refractivity contribution is 0.826. The summed E-state index contributed by atoms with van der Waals surface area (Å²) in [4.78, 5) is 10.3. The molecule has 0 saturated heterocycles. The average molecular weight is 543 g/mol. The molecule has 0 aliphatic heterocycles. The van der Waals surface area contributed by atoms with Gasteiger partial charge in [-0.2, -0.15) is 0 Å². The highest BCUT2D eigenvalue weighted by atomic mass is 14.8. The van der Waals surface area contributed by atoms with Crippen molar-refractivity contribution >= 4 is 32.6 Å². The molecule has 42 heavy (non-hydrogen) atoms. The van der Waals surface area contributed by atoms with E-state index < -0.39 is 0 Å². The summed E-state index contributed by atoms with van der Waals surface area (Å²) >= 11 is 0. The minimum atomic E-state index is 0.300. The molecule has 0 atom stereocenters. The minimum absolute atomic E-state index is 0.300. The zero-order chi connectivity index (χ0) is 28.8. The van der Waals surface area contributed by atoms with Gasteiger partial charge in [0.25, 0.3) is 0 Å². The second kappa shape index (κ2) is 10.5. The van der Waals surface area contributed by atoms with Crippen molar-refractivity contribution in [3.05, 3.63) is 133 Å². The van der Waals surface area contributed by atoms with Gasteiger partial charge in [-0.1, -0.05) is 131 Å². The monoisotopic (exact) mass is 542 g/mol. The predicted molar refractivity (Wildman–Crippen MR) is 179 cm³/mol. The maximum Gasteiger partial charge on any atom is 0.0974 e. The lowest BCUT2D eigenvalue weighted by Gasteiger charge is -2.16.